The van der Waals surface area contributed by atoms with Crippen LogP contribution in [0.3, 0.4) is 0 Å². The van der Waals surface area contributed by atoms with Gasteiger partial charge in [-0.05, 0) is 123 Å². The molecule has 1 fully saturated rings. The number of thiocarbonyl (C=S) groups is 1. The Morgan fingerprint density at radius 3 is 2.55 bits per heavy atom. The third kappa shape index (κ3) is 7.13. The number of ether oxygens (including phenoxy) is 2. The first-order chi connectivity index (χ1) is 19.1. The molecule has 0 saturated carbocycles. The summed E-state index contributed by atoms with van der Waals surface area (Å²) in [5.41, 5.74) is 6.01. The zero-order valence-corrected chi connectivity index (χ0v) is 27.1. The van der Waals surface area contributed by atoms with Crippen molar-refractivity contribution in [3.8, 4) is 11.5 Å². The van der Waals surface area contributed by atoms with Crippen molar-refractivity contribution in [2.24, 2.45) is 0 Å². The van der Waals surface area contributed by atoms with E-state index in [1.165, 1.54) is 11.3 Å². The number of thiophene rings is 1. The number of hydrazine groups is 1. The summed E-state index contributed by atoms with van der Waals surface area (Å²) in [7, 11) is 0. The maximum atomic E-state index is 13.0. The van der Waals surface area contributed by atoms with Crippen LogP contribution in [0.5, 0.6) is 11.5 Å². The van der Waals surface area contributed by atoms with E-state index in [4.69, 9.17) is 21.7 Å². The molecule has 2 aromatic carbocycles. The van der Waals surface area contributed by atoms with E-state index in [0.717, 1.165) is 32.4 Å². The summed E-state index contributed by atoms with van der Waals surface area (Å²) in [6.45, 7) is 5.90. The van der Waals surface area contributed by atoms with Crippen LogP contribution in [0, 0.1) is 13.8 Å². The summed E-state index contributed by atoms with van der Waals surface area (Å²) in [6, 6.07) is 10.7. The Balaban J connectivity index is 1.48. The van der Waals surface area contributed by atoms with E-state index in [2.05, 4.69) is 42.6 Å². The molecule has 0 radical (unpaired) electrons. The van der Waals surface area contributed by atoms with Crippen LogP contribution >= 0.6 is 67.2 Å². The predicted molar refractivity (Wildman–Crippen MR) is 170 cm³/mol. The molecule has 0 unspecified atom stereocenters. The fraction of sp³-hybridized carbons (Fsp3) is 0.185. The minimum atomic E-state index is -0.441. The summed E-state index contributed by atoms with van der Waals surface area (Å²) in [4.78, 5) is 38.9. The van der Waals surface area contributed by atoms with E-state index >= 15 is 0 Å². The molecule has 0 aliphatic carbocycles. The van der Waals surface area contributed by atoms with Crippen LogP contribution in [0.1, 0.15) is 33.3 Å². The van der Waals surface area contributed by atoms with Crippen LogP contribution in [0.4, 0.5) is 5.69 Å². The van der Waals surface area contributed by atoms with Gasteiger partial charge in [0.15, 0.2) is 22.4 Å². The standard InChI is InChI=1S/C27H23Br2N3O5S3/c1-4-36-20-11-16(12-22-26(35)32(27(38)40-22)31-25(34)21-6-5-7-39-21)10-18(29)24(20)37-13-23(33)30-19-9-15(3)14(2)8-17(19)28/h5-12H,4,13H2,1-3H3,(H,30,33)(H,31,34). The Kier molecular flexibility index (Phi) is 10.1. The lowest BCUT2D eigenvalue weighted by atomic mass is 10.1. The molecule has 0 atom stereocenters. The average molecular weight is 726 g/mol. The van der Waals surface area contributed by atoms with Crippen LogP contribution in [0.25, 0.3) is 6.08 Å². The zero-order chi connectivity index (χ0) is 29.0. The largest absolute Gasteiger partial charge is 0.490 e. The summed E-state index contributed by atoms with van der Waals surface area (Å²) in [6.07, 6.45) is 1.65. The molecule has 2 heterocycles. The van der Waals surface area contributed by atoms with E-state index in [0.29, 0.717) is 43.6 Å². The number of hydrogen-bond acceptors (Lipinski definition) is 8. The minimum Gasteiger partial charge on any atom is -0.490 e. The highest BCUT2D eigenvalue weighted by Crippen LogP contribution is 2.39. The van der Waals surface area contributed by atoms with Gasteiger partial charge in [-0.15, -0.1) is 11.3 Å². The van der Waals surface area contributed by atoms with Crippen molar-refractivity contribution in [1.29, 1.82) is 0 Å². The fourth-order valence-corrected chi connectivity index (χ4v) is 6.48. The molecule has 2 N–H and O–H groups in total. The van der Waals surface area contributed by atoms with E-state index in [1.807, 2.05) is 32.9 Å². The predicted octanol–water partition coefficient (Wildman–Crippen LogP) is 6.85. The first-order valence-electron chi connectivity index (χ1n) is 11.9. The fourth-order valence-electron chi connectivity index (χ4n) is 3.55. The summed E-state index contributed by atoms with van der Waals surface area (Å²) < 4.78 is 13.1. The monoisotopic (exact) mass is 723 g/mol. The molecule has 208 valence electrons. The summed E-state index contributed by atoms with van der Waals surface area (Å²) in [5.74, 6) is -0.447. The number of thioether (sulfide) groups is 1. The first-order valence-corrected chi connectivity index (χ1v) is 15.5. The SMILES string of the molecule is CCOc1cc(C=C2SC(=S)N(NC(=O)c3cccs3)C2=O)cc(Br)c1OCC(=O)Nc1cc(C)c(C)cc1Br. The third-order valence-electron chi connectivity index (χ3n) is 5.59. The van der Waals surface area contributed by atoms with Gasteiger partial charge in [-0.25, -0.2) is 0 Å². The lowest BCUT2D eigenvalue weighted by Crippen LogP contribution is -2.44. The number of carbonyl (C=O) groups is 3. The smallest absolute Gasteiger partial charge is 0.285 e. The molecule has 1 saturated heterocycles. The number of hydrogen-bond donors (Lipinski definition) is 2. The van der Waals surface area contributed by atoms with Gasteiger partial charge in [0.05, 0.1) is 26.5 Å². The van der Waals surface area contributed by atoms with Crippen molar-refractivity contribution in [2.75, 3.05) is 18.5 Å². The quantitative estimate of drug-likeness (QED) is 0.184. The molecule has 1 aliphatic rings. The number of nitrogens with zero attached hydrogens (tertiary/aromatic N) is 1. The summed E-state index contributed by atoms with van der Waals surface area (Å²) >= 11 is 14.6. The maximum Gasteiger partial charge on any atom is 0.285 e. The first kappa shape index (κ1) is 30.3. The summed E-state index contributed by atoms with van der Waals surface area (Å²) in [5, 5.41) is 5.69. The van der Waals surface area contributed by atoms with Crippen LogP contribution in [-0.2, 0) is 9.59 Å². The maximum absolute atomic E-state index is 13.0. The van der Waals surface area contributed by atoms with Gasteiger partial charge in [0, 0.05) is 4.47 Å². The van der Waals surface area contributed by atoms with Gasteiger partial charge in [0.1, 0.15) is 0 Å². The van der Waals surface area contributed by atoms with Gasteiger partial charge in [0.25, 0.3) is 17.7 Å². The van der Waals surface area contributed by atoms with Crippen molar-refractivity contribution in [2.45, 2.75) is 20.8 Å². The topological polar surface area (TPSA) is 97.0 Å². The molecule has 3 aromatic rings. The second kappa shape index (κ2) is 13.3. The average Bonchev–Trinajstić information content (AvgIpc) is 3.52. The third-order valence-corrected chi connectivity index (χ3v) is 9.00. The molecule has 40 heavy (non-hydrogen) atoms. The minimum absolute atomic E-state index is 0.214. The molecule has 0 bridgehead atoms. The van der Waals surface area contributed by atoms with Crippen LogP contribution in [0.15, 0.2) is 55.6 Å². The van der Waals surface area contributed by atoms with Gasteiger partial charge >= 0.3 is 0 Å². The van der Waals surface area contributed by atoms with Crippen molar-refractivity contribution < 1.29 is 23.9 Å². The zero-order valence-electron chi connectivity index (χ0n) is 21.5. The molecule has 13 heteroatoms. The van der Waals surface area contributed by atoms with Gasteiger partial charge in [-0.2, -0.15) is 5.01 Å². The molecule has 0 spiro atoms. The second-order valence-electron chi connectivity index (χ2n) is 8.45. The number of aryl methyl sites for hydroxylation is 2. The van der Waals surface area contributed by atoms with E-state index in [9.17, 15) is 14.4 Å². The number of rotatable bonds is 9. The van der Waals surface area contributed by atoms with Gasteiger partial charge in [-0.1, -0.05) is 17.8 Å². The molecular formula is C27H23Br2N3O5S3. The van der Waals surface area contributed by atoms with Gasteiger partial charge in [0.2, 0.25) is 0 Å². The lowest BCUT2D eigenvalue weighted by molar-refractivity contribution is -0.123. The Labute approximate surface area is 261 Å². The van der Waals surface area contributed by atoms with E-state index < -0.39 is 11.8 Å². The van der Waals surface area contributed by atoms with Gasteiger partial charge in [-0.3, -0.25) is 19.8 Å². The van der Waals surface area contributed by atoms with Crippen LogP contribution in [0.2, 0.25) is 0 Å². The number of benzene rings is 2. The number of nitrogens with one attached hydrogen (secondary N) is 2. The van der Waals surface area contributed by atoms with Crippen molar-refractivity contribution in [1.82, 2.24) is 10.4 Å². The Hall–Kier alpha value is -2.71. The highest BCUT2D eigenvalue weighted by atomic mass is 79.9. The molecule has 1 aliphatic heterocycles. The molecule has 1 aromatic heterocycles. The van der Waals surface area contributed by atoms with E-state index in [-0.39, 0.29) is 16.8 Å². The van der Waals surface area contributed by atoms with Crippen molar-refractivity contribution in [3.05, 3.63) is 77.2 Å². The number of anilines is 1. The number of carbonyl (C=O) groups excluding carboxylic acids is 3. The van der Waals surface area contributed by atoms with Crippen LogP contribution < -0.4 is 20.2 Å². The lowest BCUT2D eigenvalue weighted by Gasteiger charge is -2.16. The normalized spacial score (nSPS) is 14.0. The van der Waals surface area contributed by atoms with Crippen molar-refractivity contribution >= 4 is 101 Å². The second-order valence-corrected chi connectivity index (χ2v) is 12.8. The molecule has 8 nitrogen and oxygen atoms in total. The Bertz CT molecular complexity index is 1530. The molecular weight excluding hydrogens is 702 g/mol. The Morgan fingerprint density at radius 2 is 1.85 bits per heavy atom. The highest BCUT2D eigenvalue weighted by molar-refractivity contribution is 9.11. The number of halogens is 2. The Morgan fingerprint density at radius 1 is 1.10 bits per heavy atom. The number of amides is 3. The molecule has 3 amide bonds. The van der Waals surface area contributed by atoms with Crippen molar-refractivity contribution in [3.63, 3.8) is 0 Å². The van der Waals surface area contributed by atoms with Crippen LogP contribution in [-0.4, -0.2) is 40.3 Å². The molecule has 4 rings (SSSR count). The van der Waals surface area contributed by atoms with E-state index in [1.54, 1.807) is 35.7 Å². The highest BCUT2D eigenvalue weighted by Gasteiger charge is 2.34. The van der Waals surface area contributed by atoms with Gasteiger partial charge < -0.3 is 14.8 Å².